The van der Waals surface area contributed by atoms with E-state index in [1.54, 1.807) is 6.92 Å². The standard InChI is InChI=1S/C18H29N3O.2ClH/c1-14(2)12-21-10-9-15(13-21)11-20-17(22)18(3,19)16-7-5-4-6-8-16;;/h4-8,14-15H,9-13,19H2,1-3H3,(H,20,22);2*1H. The highest BCUT2D eigenvalue weighted by Gasteiger charge is 2.31. The Balaban J connectivity index is 0.00000264. The monoisotopic (exact) mass is 375 g/mol. The molecule has 0 spiro atoms. The number of amides is 1. The minimum atomic E-state index is -0.975. The van der Waals surface area contributed by atoms with E-state index in [1.165, 1.54) is 0 Å². The summed E-state index contributed by atoms with van der Waals surface area (Å²) in [6, 6.07) is 9.56. The van der Waals surface area contributed by atoms with Crippen LogP contribution in [0, 0.1) is 11.8 Å². The van der Waals surface area contributed by atoms with Crippen molar-refractivity contribution in [1.82, 2.24) is 10.2 Å². The number of likely N-dealkylation sites (tertiary alicyclic amines) is 1. The van der Waals surface area contributed by atoms with Gasteiger partial charge in [-0.3, -0.25) is 4.79 Å². The van der Waals surface area contributed by atoms with Crippen LogP contribution >= 0.6 is 24.8 Å². The molecule has 1 aromatic rings. The van der Waals surface area contributed by atoms with E-state index in [4.69, 9.17) is 5.73 Å². The van der Waals surface area contributed by atoms with E-state index >= 15 is 0 Å². The third-order valence-corrected chi connectivity index (χ3v) is 4.39. The maximum atomic E-state index is 12.4. The number of hydrogen-bond donors (Lipinski definition) is 2. The molecule has 0 radical (unpaired) electrons. The Morgan fingerprint density at radius 3 is 2.54 bits per heavy atom. The van der Waals surface area contributed by atoms with E-state index in [0.29, 0.717) is 18.4 Å². The Labute approximate surface area is 158 Å². The van der Waals surface area contributed by atoms with Crippen LogP contribution in [0.25, 0.3) is 0 Å². The first-order chi connectivity index (χ1) is 10.4. The SMILES string of the molecule is CC(C)CN1CCC(CNC(=O)C(C)(N)c2ccccc2)C1.Cl.Cl. The number of nitrogens with two attached hydrogens (primary N) is 1. The van der Waals surface area contributed by atoms with E-state index in [2.05, 4.69) is 24.1 Å². The Morgan fingerprint density at radius 2 is 1.96 bits per heavy atom. The lowest BCUT2D eigenvalue weighted by Crippen LogP contribution is -2.50. The van der Waals surface area contributed by atoms with Crippen molar-refractivity contribution in [1.29, 1.82) is 0 Å². The molecule has 3 N–H and O–H groups in total. The summed E-state index contributed by atoms with van der Waals surface area (Å²) in [7, 11) is 0. The molecule has 1 aliphatic rings. The van der Waals surface area contributed by atoms with E-state index in [1.807, 2.05) is 30.3 Å². The minimum absolute atomic E-state index is 0. The molecule has 24 heavy (non-hydrogen) atoms. The van der Waals surface area contributed by atoms with Crippen LogP contribution in [0.5, 0.6) is 0 Å². The zero-order valence-corrected chi connectivity index (χ0v) is 16.5. The first-order valence-corrected chi connectivity index (χ1v) is 8.24. The van der Waals surface area contributed by atoms with Gasteiger partial charge in [0.25, 0.3) is 0 Å². The highest BCUT2D eigenvalue weighted by Crippen LogP contribution is 2.19. The van der Waals surface area contributed by atoms with Gasteiger partial charge in [0, 0.05) is 19.6 Å². The van der Waals surface area contributed by atoms with Gasteiger partial charge in [-0.15, -0.1) is 24.8 Å². The van der Waals surface area contributed by atoms with Gasteiger partial charge in [-0.05, 0) is 37.3 Å². The summed E-state index contributed by atoms with van der Waals surface area (Å²) in [4.78, 5) is 14.9. The lowest BCUT2D eigenvalue weighted by molar-refractivity contribution is -0.126. The molecular formula is C18H31Cl2N3O. The molecule has 0 saturated carbocycles. The van der Waals surface area contributed by atoms with E-state index < -0.39 is 5.54 Å². The molecule has 1 heterocycles. The van der Waals surface area contributed by atoms with Gasteiger partial charge in [0.1, 0.15) is 5.54 Å². The lowest BCUT2D eigenvalue weighted by atomic mass is 9.92. The Morgan fingerprint density at radius 1 is 1.33 bits per heavy atom. The second kappa shape index (κ2) is 10.2. The van der Waals surface area contributed by atoms with Gasteiger partial charge in [0.05, 0.1) is 0 Å². The van der Waals surface area contributed by atoms with Crippen LogP contribution in [0.2, 0.25) is 0 Å². The van der Waals surface area contributed by atoms with Gasteiger partial charge < -0.3 is 16.0 Å². The summed E-state index contributed by atoms with van der Waals surface area (Å²) in [6.45, 7) is 10.3. The zero-order chi connectivity index (χ0) is 16.2. The van der Waals surface area contributed by atoms with Crippen molar-refractivity contribution in [2.75, 3.05) is 26.2 Å². The lowest BCUT2D eigenvalue weighted by Gasteiger charge is -2.25. The molecule has 4 nitrogen and oxygen atoms in total. The van der Waals surface area contributed by atoms with E-state index in [0.717, 1.165) is 31.6 Å². The van der Waals surface area contributed by atoms with Crippen LogP contribution in [0.4, 0.5) is 0 Å². The number of halogens is 2. The van der Waals surface area contributed by atoms with Crippen molar-refractivity contribution >= 4 is 30.7 Å². The molecule has 1 aromatic carbocycles. The fourth-order valence-corrected chi connectivity index (χ4v) is 3.10. The van der Waals surface area contributed by atoms with Crippen LogP contribution in [-0.4, -0.2) is 37.0 Å². The number of nitrogens with one attached hydrogen (secondary N) is 1. The molecule has 1 fully saturated rings. The van der Waals surface area contributed by atoms with Crippen molar-refractivity contribution in [3.63, 3.8) is 0 Å². The normalized spacial score (nSPS) is 20.0. The van der Waals surface area contributed by atoms with Gasteiger partial charge in [0.2, 0.25) is 5.91 Å². The highest BCUT2D eigenvalue weighted by molar-refractivity contribution is 5.87. The predicted molar refractivity (Wildman–Crippen MR) is 105 cm³/mol. The molecule has 0 bridgehead atoms. The minimum Gasteiger partial charge on any atom is -0.354 e. The van der Waals surface area contributed by atoms with E-state index in [-0.39, 0.29) is 30.7 Å². The molecule has 0 aliphatic carbocycles. The number of carbonyl (C=O) groups is 1. The Kier molecular flexibility index (Phi) is 9.90. The average Bonchev–Trinajstić information content (AvgIpc) is 2.92. The summed E-state index contributed by atoms with van der Waals surface area (Å²) >= 11 is 0. The van der Waals surface area contributed by atoms with Crippen molar-refractivity contribution in [3.8, 4) is 0 Å². The average molecular weight is 376 g/mol. The molecule has 1 aliphatic heterocycles. The second-order valence-electron chi connectivity index (χ2n) is 7.09. The largest absolute Gasteiger partial charge is 0.354 e. The van der Waals surface area contributed by atoms with Gasteiger partial charge >= 0.3 is 0 Å². The third kappa shape index (κ3) is 6.25. The molecule has 2 unspecified atom stereocenters. The van der Waals surface area contributed by atoms with Crippen LogP contribution in [0.15, 0.2) is 30.3 Å². The predicted octanol–water partition coefficient (Wildman–Crippen LogP) is 2.80. The van der Waals surface area contributed by atoms with Crippen LogP contribution in [0.1, 0.15) is 32.8 Å². The number of carbonyl (C=O) groups excluding carboxylic acids is 1. The molecule has 2 atom stereocenters. The summed E-state index contributed by atoms with van der Waals surface area (Å²) < 4.78 is 0. The molecule has 138 valence electrons. The molecule has 2 rings (SSSR count). The molecule has 1 amide bonds. The Hall–Kier alpha value is -0.810. The van der Waals surface area contributed by atoms with Crippen LogP contribution in [-0.2, 0) is 10.3 Å². The molecule has 0 aromatic heterocycles. The first-order valence-electron chi connectivity index (χ1n) is 8.24. The van der Waals surface area contributed by atoms with Crippen molar-refractivity contribution in [3.05, 3.63) is 35.9 Å². The molecule has 6 heteroatoms. The number of rotatable bonds is 6. The van der Waals surface area contributed by atoms with E-state index in [9.17, 15) is 4.79 Å². The summed E-state index contributed by atoms with van der Waals surface area (Å²) in [5, 5.41) is 3.05. The zero-order valence-electron chi connectivity index (χ0n) is 14.8. The molecule has 1 saturated heterocycles. The smallest absolute Gasteiger partial charge is 0.244 e. The quantitative estimate of drug-likeness (QED) is 0.803. The number of benzene rings is 1. The van der Waals surface area contributed by atoms with Gasteiger partial charge in [-0.2, -0.15) is 0 Å². The fraction of sp³-hybridized carbons (Fsp3) is 0.611. The maximum Gasteiger partial charge on any atom is 0.244 e. The number of nitrogens with zero attached hydrogens (tertiary/aromatic N) is 1. The number of hydrogen-bond acceptors (Lipinski definition) is 3. The molecular weight excluding hydrogens is 345 g/mol. The highest BCUT2D eigenvalue weighted by atomic mass is 35.5. The van der Waals surface area contributed by atoms with Gasteiger partial charge in [-0.25, -0.2) is 0 Å². The maximum absolute atomic E-state index is 12.4. The van der Waals surface area contributed by atoms with Gasteiger partial charge in [0.15, 0.2) is 0 Å². The summed E-state index contributed by atoms with van der Waals surface area (Å²) in [5.41, 5.74) is 6.11. The summed E-state index contributed by atoms with van der Waals surface area (Å²) in [6.07, 6.45) is 1.15. The Bertz CT molecular complexity index is 494. The van der Waals surface area contributed by atoms with Crippen molar-refractivity contribution in [2.24, 2.45) is 17.6 Å². The third-order valence-electron chi connectivity index (χ3n) is 4.39. The van der Waals surface area contributed by atoms with Crippen molar-refractivity contribution in [2.45, 2.75) is 32.7 Å². The van der Waals surface area contributed by atoms with Gasteiger partial charge in [-0.1, -0.05) is 44.2 Å². The van der Waals surface area contributed by atoms with Crippen LogP contribution in [0.3, 0.4) is 0 Å². The van der Waals surface area contributed by atoms with Crippen molar-refractivity contribution < 1.29 is 4.79 Å². The first kappa shape index (κ1) is 23.2. The second-order valence-corrected chi connectivity index (χ2v) is 7.09. The summed E-state index contributed by atoms with van der Waals surface area (Å²) in [5.74, 6) is 1.13. The van der Waals surface area contributed by atoms with Crippen LogP contribution < -0.4 is 11.1 Å². The fourth-order valence-electron chi connectivity index (χ4n) is 3.10. The topological polar surface area (TPSA) is 58.4 Å².